The SMILES string of the molecule is OCc1ccc(C2CCCC2)o1. The Bertz CT molecular complexity index is 246. The van der Waals surface area contributed by atoms with Gasteiger partial charge in [0.1, 0.15) is 18.1 Å². The second-order valence-corrected chi connectivity index (χ2v) is 3.44. The van der Waals surface area contributed by atoms with E-state index < -0.39 is 0 Å². The molecule has 1 aromatic rings. The molecule has 0 spiro atoms. The summed E-state index contributed by atoms with van der Waals surface area (Å²) in [5, 5.41) is 8.80. The predicted molar refractivity (Wildman–Crippen MR) is 45.8 cm³/mol. The molecule has 2 rings (SSSR count). The molecule has 1 aliphatic rings. The highest BCUT2D eigenvalue weighted by Crippen LogP contribution is 2.34. The van der Waals surface area contributed by atoms with Crippen molar-refractivity contribution in [2.24, 2.45) is 0 Å². The Labute approximate surface area is 72.2 Å². The molecule has 2 nitrogen and oxygen atoms in total. The lowest BCUT2D eigenvalue weighted by Crippen LogP contribution is -1.88. The topological polar surface area (TPSA) is 33.4 Å². The Morgan fingerprint density at radius 2 is 2.08 bits per heavy atom. The molecule has 1 N–H and O–H groups in total. The summed E-state index contributed by atoms with van der Waals surface area (Å²) in [4.78, 5) is 0. The highest BCUT2D eigenvalue weighted by atomic mass is 16.4. The third-order valence-electron chi connectivity index (χ3n) is 2.60. The Kier molecular flexibility index (Phi) is 2.17. The third-order valence-corrected chi connectivity index (χ3v) is 2.60. The summed E-state index contributed by atoms with van der Waals surface area (Å²) in [7, 11) is 0. The van der Waals surface area contributed by atoms with E-state index in [9.17, 15) is 0 Å². The first-order chi connectivity index (χ1) is 5.90. The zero-order valence-corrected chi connectivity index (χ0v) is 7.12. The number of hydrogen-bond acceptors (Lipinski definition) is 2. The van der Waals surface area contributed by atoms with Crippen LogP contribution < -0.4 is 0 Å². The van der Waals surface area contributed by atoms with Gasteiger partial charge in [-0.2, -0.15) is 0 Å². The summed E-state index contributed by atoms with van der Waals surface area (Å²) < 4.78 is 5.47. The third kappa shape index (κ3) is 1.39. The fraction of sp³-hybridized carbons (Fsp3) is 0.600. The fourth-order valence-electron chi connectivity index (χ4n) is 1.91. The normalized spacial score (nSPS) is 18.8. The molecule has 0 amide bonds. The molecule has 0 radical (unpaired) electrons. The van der Waals surface area contributed by atoms with Crippen molar-refractivity contribution in [1.29, 1.82) is 0 Å². The van der Waals surface area contributed by atoms with Gasteiger partial charge in [-0.25, -0.2) is 0 Å². The average molecular weight is 166 g/mol. The largest absolute Gasteiger partial charge is 0.463 e. The molecule has 0 aromatic carbocycles. The van der Waals surface area contributed by atoms with E-state index >= 15 is 0 Å². The first kappa shape index (κ1) is 7.87. The molecule has 66 valence electrons. The molecule has 12 heavy (non-hydrogen) atoms. The second-order valence-electron chi connectivity index (χ2n) is 3.44. The standard InChI is InChI=1S/C10H14O2/c11-7-9-5-6-10(12-9)8-3-1-2-4-8/h5-6,8,11H,1-4,7H2. The molecule has 0 atom stereocenters. The van der Waals surface area contributed by atoms with E-state index in [1.54, 1.807) is 0 Å². The Morgan fingerprint density at radius 3 is 2.67 bits per heavy atom. The van der Waals surface area contributed by atoms with Crippen LogP contribution in [0.1, 0.15) is 43.1 Å². The van der Waals surface area contributed by atoms with E-state index in [2.05, 4.69) is 0 Å². The molecule has 1 aromatic heterocycles. The number of furan rings is 1. The van der Waals surface area contributed by atoms with Crippen LogP contribution in [-0.2, 0) is 6.61 Å². The van der Waals surface area contributed by atoms with Crippen molar-refractivity contribution in [3.63, 3.8) is 0 Å². The minimum atomic E-state index is 0.0206. The van der Waals surface area contributed by atoms with Gasteiger partial charge in [0.05, 0.1) is 0 Å². The van der Waals surface area contributed by atoms with Crippen LogP contribution in [0.2, 0.25) is 0 Å². The van der Waals surface area contributed by atoms with E-state index in [1.807, 2.05) is 12.1 Å². The van der Waals surface area contributed by atoms with Crippen molar-refractivity contribution in [3.8, 4) is 0 Å². The minimum Gasteiger partial charge on any atom is -0.463 e. The molecular formula is C10H14O2. The molecule has 1 fully saturated rings. The molecule has 0 bridgehead atoms. The molecule has 1 saturated carbocycles. The van der Waals surface area contributed by atoms with Gasteiger partial charge >= 0.3 is 0 Å². The van der Waals surface area contributed by atoms with Gasteiger partial charge in [0.2, 0.25) is 0 Å². The Balaban J connectivity index is 2.11. The van der Waals surface area contributed by atoms with Gasteiger partial charge in [0, 0.05) is 5.92 Å². The highest BCUT2D eigenvalue weighted by Gasteiger charge is 2.19. The summed E-state index contributed by atoms with van der Waals surface area (Å²) in [5.74, 6) is 2.37. The molecule has 2 heteroatoms. The molecular weight excluding hydrogens is 152 g/mol. The lowest BCUT2D eigenvalue weighted by molar-refractivity contribution is 0.241. The lowest BCUT2D eigenvalue weighted by atomic mass is 10.1. The minimum absolute atomic E-state index is 0.0206. The van der Waals surface area contributed by atoms with Crippen LogP contribution in [0.25, 0.3) is 0 Å². The van der Waals surface area contributed by atoms with E-state index in [-0.39, 0.29) is 6.61 Å². The quantitative estimate of drug-likeness (QED) is 0.732. The summed E-state index contributed by atoms with van der Waals surface area (Å²) in [6.07, 6.45) is 5.14. The Morgan fingerprint density at radius 1 is 1.33 bits per heavy atom. The number of hydrogen-bond donors (Lipinski definition) is 1. The zero-order chi connectivity index (χ0) is 8.39. The average Bonchev–Trinajstić information content (AvgIpc) is 2.75. The first-order valence-electron chi connectivity index (χ1n) is 4.59. The zero-order valence-electron chi connectivity index (χ0n) is 7.12. The fourth-order valence-corrected chi connectivity index (χ4v) is 1.91. The summed E-state index contributed by atoms with van der Waals surface area (Å²) in [5.41, 5.74) is 0. The molecule has 1 heterocycles. The smallest absolute Gasteiger partial charge is 0.129 e. The van der Waals surface area contributed by atoms with Crippen LogP contribution in [0.15, 0.2) is 16.5 Å². The van der Waals surface area contributed by atoms with Crippen LogP contribution in [0.4, 0.5) is 0 Å². The van der Waals surface area contributed by atoms with E-state index in [1.165, 1.54) is 25.7 Å². The van der Waals surface area contributed by atoms with Crippen molar-refractivity contribution < 1.29 is 9.52 Å². The van der Waals surface area contributed by atoms with E-state index in [0.717, 1.165) is 5.76 Å². The molecule has 1 aliphatic carbocycles. The highest BCUT2D eigenvalue weighted by molar-refractivity contribution is 5.11. The van der Waals surface area contributed by atoms with Crippen molar-refractivity contribution >= 4 is 0 Å². The van der Waals surface area contributed by atoms with Crippen molar-refractivity contribution in [3.05, 3.63) is 23.7 Å². The van der Waals surface area contributed by atoms with Crippen LogP contribution >= 0.6 is 0 Å². The maximum absolute atomic E-state index is 8.80. The van der Waals surface area contributed by atoms with Gasteiger partial charge in [-0.05, 0) is 25.0 Å². The maximum Gasteiger partial charge on any atom is 0.129 e. The predicted octanol–water partition coefficient (Wildman–Crippen LogP) is 2.43. The van der Waals surface area contributed by atoms with Gasteiger partial charge in [0.25, 0.3) is 0 Å². The number of rotatable bonds is 2. The summed E-state index contributed by atoms with van der Waals surface area (Å²) in [6.45, 7) is 0.0206. The van der Waals surface area contributed by atoms with Gasteiger partial charge in [-0.1, -0.05) is 12.8 Å². The Hall–Kier alpha value is -0.760. The van der Waals surface area contributed by atoms with Gasteiger partial charge in [0.15, 0.2) is 0 Å². The van der Waals surface area contributed by atoms with Crippen molar-refractivity contribution in [2.75, 3.05) is 0 Å². The molecule has 0 aliphatic heterocycles. The van der Waals surface area contributed by atoms with E-state index in [0.29, 0.717) is 11.7 Å². The van der Waals surface area contributed by atoms with Crippen molar-refractivity contribution in [1.82, 2.24) is 0 Å². The summed E-state index contributed by atoms with van der Waals surface area (Å²) >= 11 is 0. The molecule has 0 saturated heterocycles. The number of aliphatic hydroxyl groups is 1. The van der Waals surface area contributed by atoms with Gasteiger partial charge < -0.3 is 9.52 Å². The van der Waals surface area contributed by atoms with Crippen LogP contribution in [-0.4, -0.2) is 5.11 Å². The van der Waals surface area contributed by atoms with Gasteiger partial charge in [-0.15, -0.1) is 0 Å². The van der Waals surface area contributed by atoms with Crippen molar-refractivity contribution in [2.45, 2.75) is 38.2 Å². The van der Waals surface area contributed by atoms with Crippen LogP contribution in [0, 0.1) is 0 Å². The first-order valence-corrected chi connectivity index (χ1v) is 4.59. The monoisotopic (exact) mass is 166 g/mol. The second kappa shape index (κ2) is 3.31. The maximum atomic E-state index is 8.80. The van der Waals surface area contributed by atoms with Crippen LogP contribution in [0.5, 0.6) is 0 Å². The van der Waals surface area contributed by atoms with Crippen LogP contribution in [0.3, 0.4) is 0 Å². The lowest BCUT2D eigenvalue weighted by Gasteiger charge is -2.03. The molecule has 0 unspecified atom stereocenters. The van der Waals surface area contributed by atoms with Gasteiger partial charge in [-0.3, -0.25) is 0 Å². The van der Waals surface area contributed by atoms with E-state index in [4.69, 9.17) is 9.52 Å². The number of aliphatic hydroxyl groups excluding tert-OH is 1. The summed E-state index contributed by atoms with van der Waals surface area (Å²) in [6, 6.07) is 3.87.